The second kappa shape index (κ2) is 11.2. The van der Waals surface area contributed by atoms with Gasteiger partial charge in [-0.2, -0.15) is 0 Å². The van der Waals surface area contributed by atoms with Crippen molar-refractivity contribution in [1.82, 2.24) is 0 Å². The quantitative estimate of drug-likeness (QED) is 0.359. The molecule has 1 rings (SSSR count). The Kier molecular flexibility index (Phi) is 9.94. The van der Waals surface area contributed by atoms with Gasteiger partial charge >= 0.3 is 0 Å². The minimum absolute atomic E-state index is 0.309. The molecular formula is C18H34O3. The van der Waals surface area contributed by atoms with E-state index in [-0.39, 0.29) is 5.79 Å². The Morgan fingerprint density at radius 3 is 2.33 bits per heavy atom. The van der Waals surface area contributed by atoms with E-state index in [9.17, 15) is 4.79 Å². The lowest BCUT2D eigenvalue weighted by molar-refractivity contribution is -0.198. The number of hydrogen-bond donors (Lipinski definition) is 0. The first-order valence-corrected chi connectivity index (χ1v) is 8.96. The van der Waals surface area contributed by atoms with Crippen molar-refractivity contribution in [2.75, 3.05) is 13.2 Å². The molecule has 0 amide bonds. The van der Waals surface area contributed by atoms with Crippen molar-refractivity contribution in [3.05, 3.63) is 0 Å². The second-order valence-corrected chi connectivity index (χ2v) is 6.38. The molecule has 0 aromatic carbocycles. The fraction of sp³-hybridized carbons (Fsp3) is 0.944. The van der Waals surface area contributed by atoms with Crippen LogP contribution < -0.4 is 0 Å². The maximum Gasteiger partial charge on any atom is 0.171 e. The van der Waals surface area contributed by atoms with E-state index in [1.165, 1.54) is 51.4 Å². The molecule has 1 atom stereocenters. The topological polar surface area (TPSA) is 35.5 Å². The Morgan fingerprint density at radius 2 is 1.67 bits per heavy atom. The van der Waals surface area contributed by atoms with E-state index in [1.807, 2.05) is 0 Å². The molecular weight excluding hydrogens is 264 g/mol. The summed E-state index contributed by atoms with van der Waals surface area (Å²) in [7, 11) is 0. The van der Waals surface area contributed by atoms with Crippen molar-refractivity contribution >= 4 is 6.29 Å². The van der Waals surface area contributed by atoms with Gasteiger partial charge in [-0.25, -0.2) is 0 Å². The number of carbonyl (C=O) groups excluding carboxylic acids is 1. The van der Waals surface area contributed by atoms with Crippen LogP contribution in [0.15, 0.2) is 0 Å². The third-order valence-electron chi connectivity index (χ3n) is 4.61. The molecule has 0 bridgehead atoms. The Bertz CT molecular complexity index is 259. The molecule has 1 unspecified atom stereocenters. The molecule has 0 N–H and O–H groups in total. The molecule has 0 saturated carbocycles. The molecule has 3 nitrogen and oxygen atoms in total. The lowest BCUT2D eigenvalue weighted by atomic mass is 9.90. The molecule has 1 aliphatic heterocycles. The van der Waals surface area contributed by atoms with Gasteiger partial charge in [-0.05, 0) is 19.3 Å². The van der Waals surface area contributed by atoms with Gasteiger partial charge in [0.15, 0.2) is 5.79 Å². The first-order chi connectivity index (χ1) is 10.2. The summed E-state index contributed by atoms with van der Waals surface area (Å²) < 4.78 is 12.0. The Labute approximate surface area is 130 Å². The molecule has 124 valence electrons. The van der Waals surface area contributed by atoms with Crippen LogP contribution >= 0.6 is 0 Å². The number of unbranched alkanes of at least 4 members (excludes halogenated alkanes) is 7. The predicted molar refractivity (Wildman–Crippen MR) is 86.3 cm³/mol. The minimum Gasteiger partial charge on any atom is -0.347 e. The number of ether oxygens (including phenoxy) is 2. The zero-order valence-electron chi connectivity index (χ0n) is 14.1. The summed E-state index contributed by atoms with van der Waals surface area (Å²) in [6.45, 7) is 6.02. The molecule has 0 radical (unpaired) electrons. The molecule has 0 aliphatic carbocycles. The third-order valence-corrected chi connectivity index (χ3v) is 4.61. The summed E-state index contributed by atoms with van der Waals surface area (Å²) in [5.41, 5.74) is 0. The summed E-state index contributed by atoms with van der Waals surface area (Å²) in [6, 6.07) is 0. The summed E-state index contributed by atoms with van der Waals surface area (Å²) in [5, 5.41) is 0. The first-order valence-electron chi connectivity index (χ1n) is 8.96. The van der Waals surface area contributed by atoms with Gasteiger partial charge < -0.3 is 14.3 Å². The van der Waals surface area contributed by atoms with E-state index < -0.39 is 0 Å². The Morgan fingerprint density at radius 1 is 1.00 bits per heavy atom. The van der Waals surface area contributed by atoms with Gasteiger partial charge in [-0.15, -0.1) is 0 Å². The second-order valence-electron chi connectivity index (χ2n) is 6.38. The average Bonchev–Trinajstić information content (AvgIpc) is 2.96. The molecule has 1 fully saturated rings. The maximum atomic E-state index is 10.3. The highest BCUT2D eigenvalue weighted by Crippen LogP contribution is 2.36. The van der Waals surface area contributed by atoms with Gasteiger partial charge in [0.25, 0.3) is 0 Å². The number of rotatable bonds is 13. The molecule has 1 aliphatic rings. The smallest absolute Gasteiger partial charge is 0.171 e. The molecule has 3 heteroatoms. The fourth-order valence-corrected chi connectivity index (χ4v) is 3.20. The normalized spacial score (nSPS) is 18.8. The summed E-state index contributed by atoms with van der Waals surface area (Å²) >= 11 is 0. The van der Waals surface area contributed by atoms with Gasteiger partial charge in [-0.1, -0.05) is 52.4 Å². The van der Waals surface area contributed by atoms with Gasteiger partial charge in [0, 0.05) is 18.8 Å². The highest BCUT2D eigenvalue weighted by Gasteiger charge is 2.40. The van der Waals surface area contributed by atoms with Crippen LogP contribution in [0.2, 0.25) is 0 Å². The fourth-order valence-electron chi connectivity index (χ4n) is 3.20. The van der Waals surface area contributed by atoms with Crippen molar-refractivity contribution in [3.8, 4) is 0 Å². The van der Waals surface area contributed by atoms with Gasteiger partial charge in [0.1, 0.15) is 6.29 Å². The third kappa shape index (κ3) is 6.92. The lowest BCUT2D eigenvalue weighted by Gasteiger charge is -2.34. The van der Waals surface area contributed by atoms with Crippen LogP contribution in [0.25, 0.3) is 0 Å². The van der Waals surface area contributed by atoms with Gasteiger partial charge in [0.2, 0.25) is 0 Å². The van der Waals surface area contributed by atoms with Crippen molar-refractivity contribution in [2.45, 2.75) is 90.3 Å². The maximum absolute atomic E-state index is 10.3. The lowest BCUT2D eigenvalue weighted by Crippen LogP contribution is -2.37. The van der Waals surface area contributed by atoms with Crippen molar-refractivity contribution in [3.63, 3.8) is 0 Å². The Hall–Kier alpha value is -0.410. The van der Waals surface area contributed by atoms with Crippen LogP contribution in [0.1, 0.15) is 84.5 Å². The van der Waals surface area contributed by atoms with Crippen molar-refractivity contribution < 1.29 is 14.3 Å². The SMILES string of the molecule is CCCCCC(C)C1(CCCCCCCC=O)OCCO1. The van der Waals surface area contributed by atoms with Crippen LogP contribution in [-0.2, 0) is 14.3 Å². The summed E-state index contributed by atoms with van der Waals surface area (Å²) in [4.78, 5) is 10.3. The van der Waals surface area contributed by atoms with Crippen LogP contribution in [0.3, 0.4) is 0 Å². The van der Waals surface area contributed by atoms with E-state index in [0.29, 0.717) is 12.3 Å². The summed E-state index contributed by atoms with van der Waals surface area (Å²) in [6.07, 6.45) is 13.6. The zero-order valence-corrected chi connectivity index (χ0v) is 14.1. The molecule has 1 heterocycles. The first kappa shape index (κ1) is 18.6. The van der Waals surface area contributed by atoms with Crippen molar-refractivity contribution in [1.29, 1.82) is 0 Å². The van der Waals surface area contributed by atoms with Crippen LogP contribution in [0.5, 0.6) is 0 Å². The van der Waals surface area contributed by atoms with Gasteiger partial charge in [-0.3, -0.25) is 0 Å². The highest BCUT2D eigenvalue weighted by molar-refractivity contribution is 5.48. The average molecular weight is 298 g/mol. The number of hydrogen-bond acceptors (Lipinski definition) is 3. The summed E-state index contributed by atoms with van der Waals surface area (Å²) in [5.74, 6) is 0.179. The molecule has 1 saturated heterocycles. The highest BCUT2D eigenvalue weighted by atomic mass is 16.7. The predicted octanol–water partition coefficient (Wildman–Crippen LogP) is 4.88. The van der Waals surface area contributed by atoms with Crippen LogP contribution in [0.4, 0.5) is 0 Å². The van der Waals surface area contributed by atoms with Crippen molar-refractivity contribution in [2.24, 2.45) is 5.92 Å². The van der Waals surface area contributed by atoms with E-state index >= 15 is 0 Å². The van der Waals surface area contributed by atoms with E-state index in [1.54, 1.807) is 0 Å². The van der Waals surface area contributed by atoms with E-state index in [2.05, 4.69) is 13.8 Å². The van der Waals surface area contributed by atoms with Crippen LogP contribution in [-0.4, -0.2) is 25.3 Å². The van der Waals surface area contributed by atoms with Gasteiger partial charge in [0.05, 0.1) is 13.2 Å². The zero-order chi connectivity index (χ0) is 15.4. The standard InChI is InChI=1S/C18H34O3/c1-3-4-9-12-17(2)18(20-15-16-21-18)13-10-7-5-6-8-11-14-19/h14,17H,3-13,15-16H2,1-2H3. The number of aldehydes is 1. The molecule has 0 aromatic rings. The molecule has 21 heavy (non-hydrogen) atoms. The van der Waals surface area contributed by atoms with E-state index in [4.69, 9.17) is 9.47 Å². The van der Waals surface area contributed by atoms with E-state index in [0.717, 1.165) is 32.3 Å². The minimum atomic E-state index is -0.309. The Balaban J connectivity index is 2.23. The monoisotopic (exact) mass is 298 g/mol. The largest absolute Gasteiger partial charge is 0.347 e. The number of carbonyl (C=O) groups is 1. The molecule has 0 spiro atoms. The molecule has 0 aromatic heterocycles. The van der Waals surface area contributed by atoms with Crippen LogP contribution in [0, 0.1) is 5.92 Å².